The van der Waals surface area contributed by atoms with E-state index in [1.165, 1.54) is 0 Å². The Labute approximate surface area is 75.8 Å². The number of esters is 1. The average Bonchev–Trinajstić information content (AvgIpc) is 2.63. The summed E-state index contributed by atoms with van der Waals surface area (Å²) < 4.78 is 10.6. The molecule has 4 nitrogen and oxygen atoms in total. The smallest absolute Gasteiger partial charge is 0.312 e. The molecule has 1 N–H and O–H groups in total. The zero-order chi connectivity index (χ0) is 9.22. The van der Waals surface area contributed by atoms with Crippen LogP contribution in [0.1, 0.15) is 13.3 Å². The van der Waals surface area contributed by atoms with Crippen molar-refractivity contribution in [3.8, 4) is 0 Å². The minimum Gasteiger partial charge on any atom is -0.465 e. The van der Waals surface area contributed by atoms with Crippen molar-refractivity contribution in [1.82, 2.24) is 0 Å². The van der Waals surface area contributed by atoms with Crippen molar-refractivity contribution >= 4 is 5.97 Å². The largest absolute Gasteiger partial charge is 0.465 e. The van der Waals surface area contributed by atoms with Gasteiger partial charge in [-0.1, -0.05) is 0 Å². The number of rotatable bonds is 0. The fraction of sp³-hybridized carbons (Fsp3) is 0.889. The van der Waals surface area contributed by atoms with Gasteiger partial charge in [0.2, 0.25) is 0 Å². The Hall–Kier alpha value is -0.610. The third-order valence-electron chi connectivity index (χ3n) is 3.77. The standard InChI is InChI=1S/C9H12O4/c1-9-4-3-12-8(11)7(4)5(13-9)2-6(9)10/h4-7,10H,2-3H2,1H3. The van der Waals surface area contributed by atoms with Gasteiger partial charge in [-0.2, -0.15) is 0 Å². The Morgan fingerprint density at radius 3 is 3.15 bits per heavy atom. The summed E-state index contributed by atoms with van der Waals surface area (Å²) in [6.45, 7) is 2.29. The highest BCUT2D eigenvalue weighted by Gasteiger charge is 2.66. The molecule has 3 rings (SSSR count). The lowest BCUT2D eigenvalue weighted by Crippen LogP contribution is -2.45. The molecule has 0 aromatic carbocycles. The quantitative estimate of drug-likeness (QED) is 0.525. The van der Waals surface area contributed by atoms with E-state index in [2.05, 4.69) is 0 Å². The van der Waals surface area contributed by atoms with Crippen molar-refractivity contribution < 1.29 is 19.4 Å². The van der Waals surface area contributed by atoms with Gasteiger partial charge in [0.25, 0.3) is 0 Å². The number of aliphatic hydroxyl groups excluding tert-OH is 1. The van der Waals surface area contributed by atoms with Crippen LogP contribution >= 0.6 is 0 Å². The van der Waals surface area contributed by atoms with Crippen LogP contribution in [0.15, 0.2) is 0 Å². The fourth-order valence-corrected chi connectivity index (χ4v) is 2.93. The Bertz CT molecular complexity index is 277. The van der Waals surface area contributed by atoms with E-state index < -0.39 is 11.7 Å². The van der Waals surface area contributed by atoms with Crippen LogP contribution in [-0.4, -0.2) is 35.5 Å². The molecule has 72 valence electrons. The molecule has 3 heterocycles. The molecular formula is C9H12O4. The number of cyclic esters (lactones) is 1. The van der Waals surface area contributed by atoms with Crippen LogP contribution in [0.2, 0.25) is 0 Å². The van der Waals surface area contributed by atoms with Crippen molar-refractivity contribution in [3.63, 3.8) is 0 Å². The maximum absolute atomic E-state index is 11.3. The first kappa shape index (κ1) is 7.76. The topological polar surface area (TPSA) is 55.8 Å². The highest BCUT2D eigenvalue weighted by Crippen LogP contribution is 2.53. The SMILES string of the molecule is CC12OC(CC1O)C1C(=O)OCC12. The summed E-state index contributed by atoms with van der Waals surface area (Å²) in [5.74, 6) is -0.201. The zero-order valence-electron chi connectivity index (χ0n) is 7.40. The Balaban J connectivity index is 2.01. The molecule has 5 unspecified atom stereocenters. The zero-order valence-corrected chi connectivity index (χ0v) is 7.40. The van der Waals surface area contributed by atoms with Gasteiger partial charge in [0.15, 0.2) is 0 Å². The Kier molecular flexibility index (Phi) is 1.23. The monoisotopic (exact) mass is 184 g/mol. The predicted octanol–water partition coefficient (Wildman–Crippen LogP) is -0.302. The van der Waals surface area contributed by atoms with Gasteiger partial charge in [0, 0.05) is 12.3 Å². The van der Waals surface area contributed by atoms with E-state index in [-0.39, 0.29) is 23.9 Å². The second-order valence-corrected chi connectivity index (χ2v) is 4.35. The molecule has 0 saturated carbocycles. The van der Waals surface area contributed by atoms with Crippen LogP contribution in [0.4, 0.5) is 0 Å². The van der Waals surface area contributed by atoms with E-state index in [0.717, 1.165) is 0 Å². The highest BCUT2D eigenvalue weighted by molar-refractivity contribution is 5.76. The van der Waals surface area contributed by atoms with Crippen molar-refractivity contribution in [1.29, 1.82) is 0 Å². The lowest BCUT2D eigenvalue weighted by molar-refractivity contribution is -0.144. The van der Waals surface area contributed by atoms with Crippen molar-refractivity contribution in [2.45, 2.75) is 31.2 Å². The van der Waals surface area contributed by atoms with Crippen molar-refractivity contribution in [2.24, 2.45) is 11.8 Å². The lowest BCUT2D eigenvalue weighted by atomic mass is 9.73. The van der Waals surface area contributed by atoms with Gasteiger partial charge >= 0.3 is 5.97 Å². The number of carbonyl (C=O) groups excluding carboxylic acids is 1. The number of aliphatic hydroxyl groups is 1. The molecule has 0 aromatic rings. The number of fused-ring (bicyclic) bond motifs is 5. The predicted molar refractivity (Wildman–Crippen MR) is 41.8 cm³/mol. The highest BCUT2D eigenvalue weighted by atomic mass is 16.6. The van der Waals surface area contributed by atoms with Crippen LogP contribution in [0.3, 0.4) is 0 Å². The van der Waals surface area contributed by atoms with Crippen LogP contribution in [0.25, 0.3) is 0 Å². The van der Waals surface area contributed by atoms with E-state index >= 15 is 0 Å². The summed E-state index contributed by atoms with van der Waals surface area (Å²) in [5, 5.41) is 9.72. The van der Waals surface area contributed by atoms with Gasteiger partial charge in [-0.25, -0.2) is 0 Å². The Morgan fingerprint density at radius 1 is 1.62 bits per heavy atom. The van der Waals surface area contributed by atoms with Crippen LogP contribution < -0.4 is 0 Å². The molecule has 13 heavy (non-hydrogen) atoms. The number of ether oxygens (including phenoxy) is 2. The maximum Gasteiger partial charge on any atom is 0.312 e. The molecule has 3 aliphatic rings. The third kappa shape index (κ3) is 0.718. The number of hydrogen-bond donors (Lipinski definition) is 1. The molecule has 5 atom stereocenters. The van der Waals surface area contributed by atoms with Gasteiger partial charge in [-0.3, -0.25) is 4.79 Å². The van der Waals surface area contributed by atoms with Crippen LogP contribution in [0.5, 0.6) is 0 Å². The fourth-order valence-electron chi connectivity index (χ4n) is 2.93. The summed E-state index contributed by atoms with van der Waals surface area (Å²) in [6, 6.07) is 0. The molecule has 0 radical (unpaired) electrons. The summed E-state index contributed by atoms with van der Waals surface area (Å²) in [4.78, 5) is 11.3. The number of carbonyl (C=O) groups is 1. The molecule has 0 amide bonds. The molecule has 2 bridgehead atoms. The minimum atomic E-state index is -0.540. The van der Waals surface area contributed by atoms with Gasteiger partial charge in [0.05, 0.1) is 30.3 Å². The first-order valence-electron chi connectivity index (χ1n) is 4.65. The normalized spacial score (nSPS) is 58.2. The summed E-state index contributed by atoms with van der Waals surface area (Å²) in [7, 11) is 0. The van der Waals surface area contributed by atoms with E-state index in [0.29, 0.717) is 13.0 Å². The summed E-state index contributed by atoms with van der Waals surface area (Å²) in [5.41, 5.74) is -0.540. The van der Waals surface area contributed by atoms with Gasteiger partial charge in [-0.15, -0.1) is 0 Å². The van der Waals surface area contributed by atoms with E-state index in [1.807, 2.05) is 6.92 Å². The average molecular weight is 184 g/mol. The second kappa shape index (κ2) is 2.07. The molecule has 3 saturated heterocycles. The maximum atomic E-state index is 11.3. The molecule has 3 fully saturated rings. The summed E-state index contributed by atoms with van der Waals surface area (Å²) >= 11 is 0. The molecule has 4 heteroatoms. The lowest BCUT2D eigenvalue weighted by Gasteiger charge is -2.30. The van der Waals surface area contributed by atoms with E-state index in [9.17, 15) is 9.90 Å². The van der Waals surface area contributed by atoms with Crippen LogP contribution in [0, 0.1) is 11.8 Å². The first-order valence-corrected chi connectivity index (χ1v) is 4.65. The number of hydrogen-bond acceptors (Lipinski definition) is 4. The second-order valence-electron chi connectivity index (χ2n) is 4.35. The van der Waals surface area contributed by atoms with E-state index in [4.69, 9.17) is 9.47 Å². The third-order valence-corrected chi connectivity index (χ3v) is 3.77. The minimum absolute atomic E-state index is 0.0637. The van der Waals surface area contributed by atoms with Gasteiger partial charge in [-0.05, 0) is 6.92 Å². The van der Waals surface area contributed by atoms with Crippen molar-refractivity contribution in [2.75, 3.05) is 6.61 Å². The molecule has 0 spiro atoms. The molecule has 0 aromatic heterocycles. The van der Waals surface area contributed by atoms with Gasteiger partial charge < -0.3 is 14.6 Å². The summed E-state index contributed by atoms with van der Waals surface area (Å²) in [6.07, 6.45) is 0.0282. The molecule has 0 aliphatic carbocycles. The molecular weight excluding hydrogens is 172 g/mol. The van der Waals surface area contributed by atoms with Crippen molar-refractivity contribution in [3.05, 3.63) is 0 Å². The Morgan fingerprint density at radius 2 is 2.38 bits per heavy atom. The van der Waals surface area contributed by atoms with E-state index in [1.54, 1.807) is 0 Å². The van der Waals surface area contributed by atoms with Crippen LogP contribution in [-0.2, 0) is 14.3 Å². The van der Waals surface area contributed by atoms with Gasteiger partial charge in [0.1, 0.15) is 0 Å². The molecule has 3 aliphatic heterocycles. The first-order chi connectivity index (χ1) is 6.13.